The van der Waals surface area contributed by atoms with Crippen LogP contribution >= 0.6 is 11.6 Å². The first-order valence-electron chi connectivity index (χ1n) is 6.14. The predicted molar refractivity (Wildman–Crippen MR) is 78.9 cm³/mol. The number of halogens is 1. The lowest BCUT2D eigenvalue weighted by molar-refractivity contribution is -0.384. The first kappa shape index (κ1) is 15.0. The highest BCUT2D eigenvalue weighted by Gasteiger charge is 2.10. The maximum Gasteiger partial charge on any atom is 0.269 e. The van der Waals surface area contributed by atoms with E-state index < -0.39 is 4.92 Å². The van der Waals surface area contributed by atoms with Gasteiger partial charge in [0.25, 0.3) is 5.69 Å². The van der Waals surface area contributed by atoms with Gasteiger partial charge in [0.15, 0.2) is 5.78 Å². The molecule has 2 rings (SSSR count). The molecule has 0 aromatic heterocycles. The SMILES string of the molecule is CC(=O)c1cc(Cl)ccc1OCc1ccc([N+](=O)[O-])cc1. The Morgan fingerprint density at radius 2 is 1.90 bits per heavy atom. The van der Waals surface area contributed by atoms with Gasteiger partial charge in [-0.2, -0.15) is 0 Å². The Morgan fingerprint density at radius 1 is 1.24 bits per heavy atom. The second-order valence-corrected chi connectivity index (χ2v) is 4.85. The van der Waals surface area contributed by atoms with E-state index in [0.29, 0.717) is 16.3 Å². The van der Waals surface area contributed by atoms with E-state index in [1.165, 1.54) is 19.1 Å². The summed E-state index contributed by atoms with van der Waals surface area (Å²) >= 11 is 5.85. The number of hydrogen-bond donors (Lipinski definition) is 0. The lowest BCUT2D eigenvalue weighted by Gasteiger charge is -2.10. The minimum absolute atomic E-state index is 0.0228. The van der Waals surface area contributed by atoms with Crippen molar-refractivity contribution >= 4 is 23.1 Å². The number of nitrogens with zero attached hydrogens (tertiary/aromatic N) is 1. The van der Waals surface area contributed by atoms with Gasteiger partial charge in [-0.05, 0) is 42.8 Å². The maximum atomic E-state index is 11.5. The summed E-state index contributed by atoms with van der Waals surface area (Å²) in [6, 6.07) is 10.9. The zero-order valence-corrected chi connectivity index (χ0v) is 12.0. The number of rotatable bonds is 5. The van der Waals surface area contributed by atoms with Crippen molar-refractivity contribution in [3.8, 4) is 5.75 Å². The van der Waals surface area contributed by atoms with Crippen molar-refractivity contribution in [2.75, 3.05) is 0 Å². The number of ketones is 1. The molecule has 2 aromatic rings. The Balaban J connectivity index is 2.13. The van der Waals surface area contributed by atoms with Crippen LogP contribution in [0.3, 0.4) is 0 Å². The number of benzene rings is 2. The van der Waals surface area contributed by atoms with Crippen LogP contribution in [0.25, 0.3) is 0 Å². The van der Waals surface area contributed by atoms with Crippen LogP contribution in [-0.2, 0) is 6.61 Å². The predicted octanol–water partition coefficient (Wildman–Crippen LogP) is 4.03. The zero-order valence-electron chi connectivity index (χ0n) is 11.2. The van der Waals surface area contributed by atoms with Crippen molar-refractivity contribution in [2.45, 2.75) is 13.5 Å². The molecule has 0 atom stereocenters. The van der Waals surface area contributed by atoms with Gasteiger partial charge in [0, 0.05) is 17.2 Å². The van der Waals surface area contributed by atoms with Crippen LogP contribution < -0.4 is 4.74 Å². The Kier molecular flexibility index (Phi) is 4.55. The van der Waals surface area contributed by atoms with Crippen molar-refractivity contribution < 1.29 is 14.5 Å². The minimum Gasteiger partial charge on any atom is -0.488 e. The minimum atomic E-state index is -0.461. The average Bonchev–Trinajstić information content (AvgIpc) is 2.46. The molecule has 0 fully saturated rings. The van der Waals surface area contributed by atoms with Gasteiger partial charge >= 0.3 is 0 Å². The standard InChI is InChI=1S/C15H12ClNO4/c1-10(18)14-8-12(16)4-7-15(14)21-9-11-2-5-13(6-3-11)17(19)20/h2-8H,9H2,1H3. The molecule has 5 nitrogen and oxygen atoms in total. The molecule has 0 saturated carbocycles. The third-order valence-corrected chi connectivity index (χ3v) is 3.10. The quantitative estimate of drug-likeness (QED) is 0.475. The van der Waals surface area contributed by atoms with E-state index in [4.69, 9.17) is 16.3 Å². The van der Waals surface area contributed by atoms with E-state index in [9.17, 15) is 14.9 Å². The van der Waals surface area contributed by atoms with Crippen molar-refractivity contribution in [3.05, 3.63) is 68.7 Å². The van der Waals surface area contributed by atoms with Gasteiger partial charge < -0.3 is 4.74 Å². The molecular formula is C15H12ClNO4. The van der Waals surface area contributed by atoms with Gasteiger partial charge in [-0.3, -0.25) is 14.9 Å². The van der Waals surface area contributed by atoms with E-state index in [1.807, 2.05) is 0 Å². The second kappa shape index (κ2) is 6.37. The number of carbonyl (C=O) groups excluding carboxylic acids is 1. The Hall–Kier alpha value is -2.40. The molecular weight excluding hydrogens is 294 g/mol. The molecule has 0 N–H and O–H groups in total. The Bertz CT molecular complexity index is 683. The molecule has 0 unspecified atom stereocenters. The number of ether oxygens (including phenoxy) is 1. The van der Waals surface area contributed by atoms with Gasteiger partial charge in [-0.25, -0.2) is 0 Å². The Morgan fingerprint density at radius 3 is 2.48 bits per heavy atom. The molecule has 0 aliphatic heterocycles. The van der Waals surface area contributed by atoms with E-state index in [1.54, 1.807) is 30.3 Å². The summed E-state index contributed by atoms with van der Waals surface area (Å²) in [4.78, 5) is 21.6. The van der Waals surface area contributed by atoms with Crippen LogP contribution in [0.2, 0.25) is 5.02 Å². The molecule has 0 aliphatic rings. The molecule has 0 saturated heterocycles. The Labute approximate surface area is 126 Å². The van der Waals surface area contributed by atoms with Crippen molar-refractivity contribution in [2.24, 2.45) is 0 Å². The zero-order chi connectivity index (χ0) is 15.4. The fourth-order valence-corrected chi connectivity index (χ4v) is 1.95. The molecule has 2 aromatic carbocycles. The van der Waals surface area contributed by atoms with Crippen LogP contribution in [0, 0.1) is 10.1 Å². The summed E-state index contributed by atoms with van der Waals surface area (Å²) in [6.07, 6.45) is 0. The summed E-state index contributed by atoms with van der Waals surface area (Å²) in [5.41, 5.74) is 1.20. The summed E-state index contributed by atoms with van der Waals surface area (Å²) in [7, 11) is 0. The molecule has 0 heterocycles. The molecule has 0 spiro atoms. The smallest absolute Gasteiger partial charge is 0.269 e. The summed E-state index contributed by atoms with van der Waals surface area (Å²) in [5, 5.41) is 11.0. The van der Waals surface area contributed by atoms with Crippen LogP contribution in [0.4, 0.5) is 5.69 Å². The van der Waals surface area contributed by atoms with E-state index in [-0.39, 0.29) is 18.1 Å². The summed E-state index contributed by atoms with van der Waals surface area (Å²) in [5.74, 6) is 0.293. The lowest BCUT2D eigenvalue weighted by Crippen LogP contribution is -2.01. The topological polar surface area (TPSA) is 69.4 Å². The fraction of sp³-hybridized carbons (Fsp3) is 0.133. The maximum absolute atomic E-state index is 11.5. The molecule has 108 valence electrons. The molecule has 21 heavy (non-hydrogen) atoms. The molecule has 0 amide bonds. The number of non-ortho nitro benzene ring substituents is 1. The van der Waals surface area contributed by atoms with Crippen LogP contribution in [-0.4, -0.2) is 10.7 Å². The van der Waals surface area contributed by atoms with Crippen molar-refractivity contribution in [3.63, 3.8) is 0 Å². The molecule has 0 aliphatic carbocycles. The van der Waals surface area contributed by atoms with Gasteiger partial charge in [-0.1, -0.05) is 11.6 Å². The van der Waals surface area contributed by atoms with E-state index in [2.05, 4.69) is 0 Å². The summed E-state index contributed by atoms with van der Waals surface area (Å²) < 4.78 is 5.59. The number of nitro benzene ring substituents is 1. The number of Topliss-reactive ketones (excluding diaryl/α,β-unsaturated/α-hetero) is 1. The summed E-state index contributed by atoms with van der Waals surface area (Å²) in [6.45, 7) is 1.64. The number of nitro groups is 1. The molecule has 0 bridgehead atoms. The highest BCUT2D eigenvalue weighted by molar-refractivity contribution is 6.31. The van der Waals surface area contributed by atoms with Crippen LogP contribution in [0.1, 0.15) is 22.8 Å². The fourth-order valence-electron chi connectivity index (χ4n) is 1.78. The van der Waals surface area contributed by atoms with Crippen molar-refractivity contribution in [1.29, 1.82) is 0 Å². The van der Waals surface area contributed by atoms with Crippen LogP contribution in [0.5, 0.6) is 5.75 Å². The monoisotopic (exact) mass is 305 g/mol. The molecule has 6 heteroatoms. The number of hydrogen-bond acceptors (Lipinski definition) is 4. The highest BCUT2D eigenvalue weighted by atomic mass is 35.5. The average molecular weight is 306 g/mol. The first-order valence-corrected chi connectivity index (χ1v) is 6.52. The third-order valence-electron chi connectivity index (χ3n) is 2.86. The lowest BCUT2D eigenvalue weighted by atomic mass is 10.1. The van der Waals surface area contributed by atoms with E-state index >= 15 is 0 Å². The largest absolute Gasteiger partial charge is 0.488 e. The third kappa shape index (κ3) is 3.79. The van der Waals surface area contributed by atoms with Gasteiger partial charge in [0.1, 0.15) is 12.4 Å². The van der Waals surface area contributed by atoms with Gasteiger partial charge in [0.2, 0.25) is 0 Å². The van der Waals surface area contributed by atoms with E-state index in [0.717, 1.165) is 5.56 Å². The molecule has 0 radical (unpaired) electrons. The normalized spacial score (nSPS) is 10.2. The van der Waals surface area contributed by atoms with Crippen molar-refractivity contribution in [1.82, 2.24) is 0 Å². The second-order valence-electron chi connectivity index (χ2n) is 4.41. The first-order chi connectivity index (χ1) is 9.97. The van der Waals surface area contributed by atoms with Gasteiger partial charge in [-0.15, -0.1) is 0 Å². The number of carbonyl (C=O) groups is 1. The van der Waals surface area contributed by atoms with Crippen LogP contribution in [0.15, 0.2) is 42.5 Å². The van der Waals surface area contributed by atoms with Gasteiger partial charge in [0.05, 0.1) is 10.5 Å². The highest BCUT2D eigenvalue weighted by Crippen LogP contribution is 2.24.